The van der Waals surface area contributed by atoms with E-state index in [4.69, 9.17) is 34.8 Å². The normalized spacial score (nSPS) is 12.5. The van der Waals surface area contributed by atoms with Crippen LogP contribution >= 0.6 is 34.8 Å². The Balaban J connectivity index is 2.44. The summed E-state index contributed by atoms with van der Waals surface area (Å²) in [6.45, 7) is 0. The van der Waals surface area contributed by atoms with E-state index in [1.165, 1.54) is 18.2 Å². The van der Waals surface area contributed by atoms with Crippen LogP contribution in [0.4, 0.5) is 4.39 Å². The van der Waals surface area contributed by atoms with Gasteiger partial charge in [0.25, 0.3) is 0 Å². The Labute approximate surface area is 119 Å². The van der Waals surface area contributed by atoms with Crippen molar-refractivity contribution in [3.8, 4) is 0 Å². The molecular weight excluding hydrogens is 297 g/mol. The van der Waals surface area contributed by atoms with Crippen molar-refractivity contribution in [3.05, 3.63) is 68.4 Å². The molecule has 0 aliphatic rings. The van der Waals surface area contributed by atoms with E-state index in [0.717, 1.165) is 0 Å². The molecule has 94 valence electrons. The van der Waals surface area contributed by atoms with E-state index in [0.29, 0.717) is 15.6 Å². The monoisotopic (exact) mass is 304 g/mol. The molecule has 2 rings (SSSR count). The second-order valence-corrected chi connectivity index (χ2v) is 4.91. The number of halogens is 4. The zero-order valence-electron chi connectivity index (χ0n) is 9.00. The lowest BCUT2D eigenvalue weighted by molar-refractivity contribution is 0.220. The molecule has 2 aromatic carbocycles. The molecule has 0 saturated heterocycles. The molecule has 0 aliphatic heterocycles. The third kappa shape index (κ3) is 2.62. The second kappa shape index (κ2) is 5.45. The standard InChI is InChI=1S/C13H8Cl3FO/c14-9-5-4-7(6-10(9)15)13(18)8-2-1-3-11(17)12(8)16/h1-6,13,18H. The van der Waals surface area contributed by atoms with Crippen LogP contribution in [0.1, 0.15) is 17.2 Å². The molecule has 1 nitrogen and oxygen atoms in total. The molecule has 0 spiro atoms. The first-order valence-electron chi connectivity index (χ1n) is 5.07. The van der Waals surface area contributed by atoms with Crippen molar-refractivity contribution < 1.29 is 9.50 Å². The van der Waals surface area contributed by atoms with Gasteiger partial charge in [-0.2, -0.15) is 0 Å². The summed E-state index contributed by atoms with van der Waals surface area (Å²) in [5.41, 5.74) is 0.784. The van der Waals surface area contributed by atoms with Crippen molar-refractivity contribution in [1.29, 1.82) is 0 Å². The van der Waals surface area contributed by atoms with E-state index in [1.807, 2.05) is 0 Å². The lowest BCUT2D eigenvalue weighted by Gasteiger charge is -2.14. The summed E-state index contributed by atoms with van der Waals surface area (Å²) in [4.78, 5) is 0. The van der Waals surface area contributed by atoms with E-state index in [-0.39, 0.29) is 10.6 Å². The molecule has 1 atom stereocenters. The molecule has 0 fully saturated rings. The first kappa shape index (κ1) is 13.6. The third-order valence-electron chi connectivity index (χ3n) is 2.54. The van der Waals surface area contributed by atoms with Crippen LogP contribution in [0, 0.1) is 5.82 Å². The molecule has 1 unspecified atom stereocenters. The van der Waals surface area contributed by atoms with Gasteiger partial charge in [0, 0.05) is 5.56 Å². The summed E-state index contributed by atoms with van der Waals surface area (Å²) < 4.78 is 13.3. The number of hydrogen-bond donors (Lipinski definition) is 1. The molecule has 0 bridgehead atoms. The maximum atomic E-state index is 13.3. The van der Waals surface area contributed by atoms with Gasteiger partial charge in [-0.15, -0.1) is 0 Å². The zero-order chi connectivity index (χ0) is 13.3. The van der Waals surface area contributed by atoms with Crippen molar-refractivity contribution >= 4 is 34.8 Å². The smallest absolute Gasteiger partial charge is 0.142 e. The van der Waals surface area contributed by atoms with Crippen LogP contribution in [0.25, 0.3) is 0 Å². The Morgan fingerprint density at radius 3 is 2.39 bits per heavy atom. The highest BCUT2D eigenvalue weighted by Gasteiger charge is 2.17. The van der Waals surface area contributed by atoms with Gasteiger partial charge in [-0.1, -0.05) is 53.0 Å². The average molecular weight is 306 g/mol. The first-order valence-corrected chi connectivity index (χ1v) is 6.21. The quantitative estimate of drug-likeness (QED) is 0.839. The third-order valence-corrected chi connectivity index (χ3v) is 3.67. The number of aliphatic hydroxyl groups excluding tert-OH is 1. The summed E-state index contributed by atoms with van der Waals surface area (Å²) in [6.07, 6.45) is -1.05. The summed E-state index contributed by atoms with van der Waals surface area (Å²) in [5, 5.41) is 10.8. The molecule has 0 aliphatic carbocycles. The van der Waals surface area contributed by atoms with Gasteiger partial charge in [-0.05, 0) is 23.8 Å². The molecule has 5 heteroatoms. The SMILES string of the molecule is OC(c1ccc(Cl)c(Cl)c1)c1cccc(F)c1Cl. The van der Waals surface area contributed by atoms with E-state index in [9.17, 15) is 9.50 Å². The number of aliphatic hydroxyl groups is 1. The van der Waals surface area contributed by atoms with Crippen molar-refractivity contribution in [2.75, 3.05) is 0 Å². The largest absolute Gasteiger partial charge is 0.384 e. The number of hydrogen-bond acceptors (Lipinski definition) is 1. The lowest BCUT2D eigenvalue weighted by atomic mass is 10.0. The van der Waals surface area contributed by atoms with E-state index in [2.05, 4.69) is 0 Å². The topological polar surface area (TPSA) is 20.2 Å². The van der Waals surface area contributed by atoms with Crippen LogP contribution in [0.5, 0.6) is 0 Å². The highest BCUT2D eigenvalue weighted by Crippen LogP contribution is 2.32. The average Bonchev–Trinajstić information content (AvgIpc) is 2.35. The summed E-state index contributed by atoms with van der Waals surface area (Å²) in [6, 6.07) is 8.97. The Kier molecular flexibility index (Phi) is 4.13. The summed E-state index contributed by atoms with van der Waals surface area (Å²) >= 11 is 17.5. The Morgan fingerprint density at radius 1 is 1.00 bits per heavy atom. The lowest BCUT2D eigenvalue weighted by Crippen LogP contribution is -2.01. The molecule has 0 radical (unpaired) electrons. The number of rotatable bonds is 2. The molecule has 0 heterocycles. The Bertz CT molecular complexity index is 586. The van der Waals surface area contributed by atoms with Crippen LogP contribution in [-0.4, -0.2) is 5.11 Å². The number of benzene rings is 2. The van der Waals surface area contributed by atoms with Gasteiger partial charge >= 0.3 is 0 Å². The fourth-order valence-electron chi connectivity index (χ4n) is 1.59. The molecule has 18 heavy (non-hydrogen) atoms. The minimum atomic E-state index is -1.05. The van der Waals surface area contributed by atoms with Crippen LogP contribution in [0.3, 0.4) is 0 Å². The van der Waals surface area contributed by atoms with E-state index >= 15 is 0 Å². The van der Waals surface area contributed by atoms with Crippen molar-refractivity contribution in [2.45, 2.75) is 6.10 Å². The predicted octanol–water partition coefficient (Wildman–Crippen LogP) is 4.87. The van der Waals surface area contributed by atoms with Gasteiger partial charge in [0.2, 0.25) is 0 Å². The van der Waals surface area contributed by atoms with Gasteiger partial charge in [-0.3, -0.25) is 0 Å². The van der Waals surface area contributed by atoms with Crippen molar-refractivity contribution in [2.24, 2.45) is 0 Å². The van der Waals surface area contributed by atoms with Gasteiger partial charge in [0.1, 0.15) is 11.9 Å². The molecule has 1 N–H and O–H groups in total. The van der Waals surface area contributed by atoms with Gasteiger partial charge in [0.15, 0.2) is 0 Å². The minimum absolute atomic E-state index is 0.101. The molecular formula is C13H8Cl3FO. The maximum absolute atomic E-state index is 13.3. The predicted molar refractivity (Wildman–Crippen MR) is 71.9 cm³/mol. The van der Waals surface area contributed by atoms with E-state index in [1.54, 1.807) is 18.2 Å². The zero-order valence-corrected chi connectivity index (χ0v) is 11.3. The molecule has 0 aromatic heterocycles. The van der Waals surface area contributed by atoms with E-state index < -0.39 is 11.9 Å². The fourth-order valence-corrected chi connectivity index (χ4v) is 2.13. The van der Waals surface area contributed by atoms with Gasteiger partial charge in [0.05, 0.1) is 15.1 Å². The minimum Gasteiger partial charge on any atom is -0.384 e. The summed E-state index contributed by atoms with van der Waals surface area (Å²) in [7, 11) is 0. The second-order valence-electron chi connectivity index (χ2n) is 3.72. The van der Waals surface area contributed by atoms with Crippen LogP contribution in [0.2, 0.25) is 15.1 Å². The highest BCUT2D eigenvalue weighted by atomic mass is 35.5. The maximum Gasteiger partial charge on any atom is 0.142 e. The summed E-state index contributed by atoms with van der Waals surface area (Å²) in [5.74, 6) is -0.576. The molecule has 0 saturated carbocycles. The molecule has 0 amide bonds. The Morgan fingerprint density at radius 2 is 1.72 bits per heavy atom. The van der Waals surface area contributed by atoms with Crippen molar-refractivity contribution in [1.82, 2.24) is 0 Å². The van der Waals surface area contributed by atoms with Crippen LogP contribution in [-0.2, 0) is 0 Å². The Hall–Kier alpha value is -0.800. The van der Waals surface area contributed by atoms with Crippen LogP contribution < -0.4 is 0 Å². The van der Waals surface area contributed by atoms with Crippen molar-refractivity contribution in [3.63, 3.8) is 0 Å². The molecule has 2 aromatic rings. The van der Waals surface area contributed by atoms with Crippen LogP contribution in [0.15, 0.2) is 36.4 Å². The fraction of sp³-hybridized carbons (Fsp3) is 0.0769. The first-order chi connectivity index (χ1) is 8.50. The van der Waals surface area contributed by atoms with Gasteiger partial charge in [-0.25, -0.2) is 4.39 Å². The van der Waals surface area contributed by atoms with Gasteiger partial charge < -0.3 is 5.11 Å². The highest BCUT2D eigenvalue weighted by molar-refractivity contribution is 6.42.